The van der Waals surface area contributed by atoms with Gasteiger partial charge in [-0.2, -0.15) is 12.6 Å². The number of hydroxylamine groups is 3. The van der Waals surface area contributed by atoms with Crippen molar-refractivity contribution >= 4 is 12.6 Å². The van der Waals surface area contributed by atoms with E-state index in [4.69, 9.17) is 0 Å². The molecule has 4 heteroatoms. The summed E-state index contributed by atoms with van der Waals surface area (Å²) >= 11 is 4.01. The minimum atomic E-state index is -0.0938. The first-order valence-electron chi connectivity index (χ1n) is 3.15. The molecule has 1 heterocycles. The van der Waals surface area contributed by atoms with Crippen molar-refractivity contribution in [1.82, 2.24) is 5.32 Å². The summed E-state index contributed by atoms with van der Waals surface area (Å²) in [5.74, 6) is 0.686. The third-order valence-electron chi connectivity index (χ3n) is 1.60. The van der Waals surface area contributed by atoms with Gasteiger partial charge >= 0.3 is 0 Å². The molecule has 0 saturated carbocycles. The van der Waals surface area contributed by atoms with Crippen molar-refractivity contribution in [2.45, 2.75) is 0 Å². The van der Waals surface area contributed by atoms with Gasteiger partial charge in [0.25, 0.3) is 0 Å². The fourth-order valence-electron chi connectivity index (χ4n) is 1.02. The van der Waals surface area contributed by atoms with Gasteiger partial charge < -0.3 is 9.85 Å². The highest BCUT2D eigenvalue weighted by atomic mass is 32.1. The predicted octanol–water partition coefficient (Wildman–Crippen LogP) is -0.209. The first-order valence-corrected chi connectivity index (χ1v) is 3.79. The molecule has 1 fully saturated rings. The highest BCUT2D eigenvalue weighted by Crippen LogP contribution is 2.05. The van der Waals surface area contributed by atoms with Crippen LogP contribution in [0.1, 0.15) is 0 Å². The Morgan fingerprint density at radius 3 is 2.89 bits per heavy atom. The molecule has 1 unspecified atom stereocenters. The van der Waals surface area contributed by atoms with Crippen LogP contribution in [0, 0.1) is 5.21 Å². The molecule has 0 aliphatic carbocycles. The van der Waals surface area contributed by atoms with Crippen molar-refractivity contribution in [2.75, 3.05) is 32.1 Å². The van der Waals surface area contributed by atoms with Gasteiger partial charge in [0.15, 0.2) is 0 Å². The Morgan fingerprint density at radius 2 is 2.44 bits per heavy atom. The molecule has 0 aromatic carbocycles. The van der Waals surface area contributed by atoms with Gasteiger partial charge in [-0.3, -0.25) is 5.32 Å². The van der Waals surface area contributed by atoms with Crippen LogP contribution in [0.4, 0.5) is 0 Å². The molecule has 1 aliphatic rings. The van der Waals surface area contributed by atoms with E-state index in [0.29, 0.717) is 25.5 Å². The number of rotatable bonds is 2. The van der Waals surface area contributed by atoms with Crippen molar-refractivity contribution in [3.63, 3.8) is 0 Å². The Hall–Kier alpha value is 0.230. The molecule has 0 radical (unpaired) electrons. The fraction of sp³-hybridized carbons (Fsp3) is 1.00. The second kappa shape index (κ2) is 2.88. The van der Waals surface area contributed by atoms with Gasteiger partial charge in [-0.05, 0) is 0 Å². The maximum Gasteiger partial charge on any atom is 0.132 e. The molecule has 0 aromatic rings. The van der Waals surface area contributed by atoms with Gasteiger partial charge in [0.2, 0.25) is 0 Å². The number of nitrogens with one attached hydrogen (secondary N) is 1. The topological polar surface area (TPSA) is 35.1 Å². The lowest BCUT2D eigenvalue weighted by Crippen LogP contribution is -2.42. The summed E-state index contributed by atoms with van der Waals surface area (Å²) in [6.45, 7) is 2.77. The second-order valence-electron chi connectivity index (χ2n) is 2.39. The predicted molar refractivity (Wildman–Crippen MR) is 40.1 cm³/mol. The van der Waals surface area contributed by atoms with Gasteiger partial charge in [0.1, 0.15) is 6.67 Å². The lowest BCUT2D eigenvalue weighted by Gasteiger charge is -2.36. The van der Waals surface area contributed by atoms with Crippen LogP contribution in [-0.4, -0.2) is 36.7 Å². The minimum Gasteiger partial charge on any atom is -0.632 e. The first kappa shape index (κ1) is 7.34. The third kappa shape index (κ3) is 1.82. The lowest BCUT2D eigenvalue weighted by atomic mass is 10.5. The van der Waals surface area contributed by atoms with E-state index in [0.717, 1.165) is 6.54 Å². The van der Waals surface area contributed by atoms with E-state index in [1.165, 1.54) is 0 Å². The third-order valence-corrected chi connectivity index (χ3v) is 1.80. The summed E-state index contributed by atoms with van der Waals surface area (Å²) in [6, 6.07) is 0. The Morgan fingerprint density at radius 1 is 1.67 bits per heavy atom. The zero-order valence-corrected chi connectivity index (χ0v) is 6.23. The summed E-state index contributed by atoms with van der Waals surface area (Å²) in [5, 5.41) is 14.4. The second-order valence-corrected chi connectivity index (χ2v) is 2.83. The molecule has 1 N–H and O–H groups in total. The van der Waals surface area contributed by atoms with Crippen LogP contribution in [0.3, 0.4) is 0 Å². The number of hydrogen-bond donors (Lipinski definition) is 2. The average Bonchev–Trinajstić information content (AvgIpc) is 2.16. The van der Waals surface area contributed by atoms with E-state index in [1.807, 2.05) is 0 Å². The lowest BCUT2D eigenvalue weighted by molar-refractivity contribution is -0.866. The van der Waals surface area contributed by atoms with E-state index in [9.17, 15) is 5.21 Å². The number of hydrogen-bond acceptors (Lipinski definition) is 3. The standard InChI is InChI=1S/C5H12N2OS/c8-7(3-4-9)2-1-6-5-7/h6,9H,1-5H2. The van der Waals surface area contributed by atoms with Crippen molar-refractivity contribution in [3.8, 4) is 0 Å². The molecule has 0 aromatic heterocycles. The van der Waals surface area contributed by atoms with Gasteiger partial charge in [0.05, 0.1) is 19.6 Å². The zero-order chi connectivity index (χ0) is 6.74. The van der Waals surface area contributed by atoms with E-state index in [1.54, 1.807) is 0 Å². The minimum absolute atomic E-state index is 0.0938. The molecular formula is C5H12N2OS. The molecule has 3 nitrogen and oxygen atoms in total. The van der Waals surface area contributed by atoms with Gasteiger partial charge in [-0.15, -0.1) is 0 Å². The molecule has 0 spiro atoms. The highest BCUT2D eigenvalue weighted by Gasteiger charge is 2.20. The Balaban J connectivity index is 2.32. The highest BCUT2D eigenvalue weighted by molar-refractivity contribution is 7.80. The Kier molecular flexibility index (Phi) is 2.35. The summed E-state index contributed by atoms with van der Waals surface area (Å²) < 4.78 is -0.0938. The zero-order valence-electron chi connectivity index (χ0n) is 5.34. The van der Waals surface area contributed by atoms with Crippen LogP contribution in [0.5, 0.6) is 0 Å². The quantitative estimate of drug-likeness (QED) is 0.323. The van der Waals surface area contributed by atoms with Crippen LogP contribution < -0.4 is 5.32 Å². The van der Waals surface area contributed by atoms with Gasteiger partial charge in [-0.25, -0.2) is 0 Å². The maximum atomic E-state index is 11.3. The largest absolute Gasteiger partial charge is 0.632 e. The van der Waals surface area contributed by atoms with Crippen LogP contribution in [0.2, 0.25) is 0 Å². The summed E-state index contributed by atoms with van der Waals surface area (Å²) in [7, 11) is 0. The molecule has 1 saturated heterocycles. The molecule has 1 atom stereocenters. The van der Waals surface area contributed by atoms with Crippen molar-refractivity contribution in [1.29, 1.82) is 0 Å². The number of nitrogens with zero attached hydrogens (tertiary/aromatic N) is 1. The monoisotopic (exact) mass is 148 g/mol. The van der Waals surface area contributed by atoms with Crippen molar-refractivity contribution in [3.05, 3.63) is 5.21 Å². The normalized spacial score (nSPS) is 35.3. The SMILES string of the molecule is [O-][N+]1(CCS)CCNC1. The summed E-state index contributed by atoms with van der Waals surface area (Å²) in [5.41, 5.74) is 0. The van der Waals surface area contributed by atoms with Crippen LogP contribution in [0.15, 0.2) is 0 Å². The summed E-state index contributed by atoms with van der Waals surface area (Å²) in [4.78, 5) is 0. The Labute approximate surface area is 60.6 Å². The molecule has 0 amide bonds. The van der Waals surface area contributed by atoms with Crippen molar-refractivity contribution < 1.29 is 4.65 Å². The number of quaternary nitrogens is 1. The van der Waals surface area contributed by atoms with Crippen LogP contribution >= 0.6 is 12.6 Å². The van der Waals surface area contributed by atoms with Crippen LogP contribution in [-0.2, 0) is 0 Å². The molecule has 54 valence electrons. The first-order chi connectivity index (χ1) is 4.27. The van der Waals surface area contributed by atoms with E-state index in [-0.39, 0.29) is 4.65 Å². The average molecular weight is 148 g/mol. The van der Waals surface area contributed by atoms with Gasteiger partial charge in [0, 0.05) is 5.75 Å². The smallest absolute Gasteiger partial charge is 0.132 e. The van der Waals surface area contributed by atoms with Crippen molar-refractivity contribution in [2.24, 2.45) is 0 Å². The molecule has 1 aliphatic heterocycles. The molecular weight excluding hydrogens is 136 g/mol. The molecule has 1 rings (SSSR count). The van der Waals surface area contributed by atoms with E-state index >= 15 is 0 Å². The molecule has 9 heavy (non-hydrogen) atoms. The van der Waals surface area contributed by atoms with Crippen LogP contribution in [0.25, 0.3) is 0 Å². The molecule has 0 bridgehead atoms. The summed E-state index contributed by atoms with van der Waals surface area (Å²) in [6.07, 6.45) is 0. The number of thiol groups is 1. The fourth-order valence-corrected chi connectivity index (χ4v) is 1.38. The Bertz CT molecular complexity index is 93.0. The van der Waals surface area contributed by atoms with E-state index < -0.39 is 0 Å². The van der Waals surface area contributed by atoms with E-state index in [2.05, 4.69) is 17.9 Å². The maximum absolute atomic E-state index is 11.3. The van der Waals surface area contributed by atoms with Gasteiger partial charge in [-0.1, -0.05) is 0 Å².